The van der Waals surface area contributed by atoms with Crippen LogP contribution in [0.3, 0.4) is 0 Å². The number of sulfonamides is 1. The van der Waals surface area contributed by atoms with Gasteiger partial charge >= 0.3 is 0 Å². The molecule has 1 amide bonds. The average Bonchev–Trinajstić information content (AvgIpc) is 2.62. The van der Waals surface area contributed by atoms with Crippen molar-refractivity contribution >= 4 is 21.6 Å². The second-order valence-corrected chi connectivity index (χ2v) is 7.51. The number of benzene rings is 2. The predicted molar refractivity (Wildman–Crippen MR) is 99.0 cm³/mol. The van der Waals surface area contributed by atoms with Crippen molar-refractivity contribution in [3.05, 3.63) is 53.8 Å². The molecule has 0 bridgehead atoms. The molecule has 146 valence electrons. The largest absolute Gasteiger partial charge is 0.496 e. The first-order chi connectivity index (χ1) is 12.8. The van der Waals surface area contributed by atoms with E-state index in [-0.39, 0.29) is 22.8 Å². The summed E-state index contributed by atoms with van der Waals surface area (Å²) in [5.41, 5.74) is 0.396. The molecule has 9 heteroatoms. The molecule has 0 spiro atoms. The summed E-state index contributed by atoms with van der Waals surface area (Å²) in [6.45, 7) is 1.86. The van der Waals surface area contributed by atoms with Gasteiger partial charge in [0.15, 0.2) is 0 Å². The summed E-state index contributed by atoms with van der Waals surface area (Å²) in [6.07, 6.45) is 0. The van der Waals surface area contributed by atoms with Crippen LogP contribution in [0.25, 0.3) is 0 Å². The SMILES string of the molecule is COC[C@@H](C)NS(=O)(=O)c1ccc(OC)c(C(=O)Nc2ccc(F)cc2)c1. The monoisotopic (exact) mass is 396 g/mol. The van der Waals surface area contributed by atoms with E-state index in [4.69, 9.17) is 9.47 Å². The Morgan fingerprint density at radius 2 is 1.81 bits per heavy atom. The summed E-state index contributed by atoms with van der Waals surface area (Å²) in [5.74, 6) is -0.811. The van der Waals surface area contributed by atoms with Crippen molar-refractivity contribution in [1.82, 2.24) is 4.72 Å². The van der Waals surface area contributed by atoms with E-state index in [1.165, 1.54) is 56.7 Å². The van der Waals surface area contributed by atoms with Crippen LogP contribution in [0, 0.1) is 5.82 Å². The number of halogens is 1. The van der Waals surface area contributed by atoms with Crippen LogP contribution in [0.2, 0.25) is 0 Å². The highest BCUT2D eigenvalue weighted by Gasteiger charge is 2.21. The van der Waals surface area contributed by atoms with Gasteiger partial charge in [0.25, 0.3) is 5.91 Å². The van der Waals surface area contributed by atoms with E-state index < -0.39 is 27.8 Å². The van der Waals surface area contributed by atoms with Crippen molar-refractivity contribution in [3.8, 4) is 5.75 Å². The maximum atomic E-state index is 13.0. The third-order valence-corrected chi connectivity index (χ3v) is 5.19. The molecule has 0 saturated heterocycles. The molecule has 0 fully saturated rings. The molecule has 0 heterocycles. The van der Waals surface area contributed by atoms with Crippen LogP contribution in [-0.2, 0) is 14.8 Å². The number of amides is 1. The minimum Gasteiger partial charge on any atom is -0.496 e. The van der Waals surface area contributed by atoms with E-state index in [1.807, 2.05) is 0 Å². The maximum Gasteiger partial charge on any atom is 0.259 e. The van der Waals surface area contributed by atoms with E-state index in [0.29, 0.717) is 5.69 Å². The maximum absolute atomic E-state index is 13.0. The number of hydrogen-bond acceptors (Lipinski definition) is 5. The molecular formula is C18H21FN2O5S. The Balaban J connectivity index is 2.31. The lowest BCUT2D eigenvalue weighted by molar-refractivity contribution is 0.102. The zero-order valence-corrected chi connectivity index (χ0v) is 16.0. The van der Waals surface area contributed by atoms with E-state index in [0.717, 1.165) is 0 Å². The van der Waals surface area contributed by atoms with Crippen molar-refractivity contribution in [2.24, 2.45) is 0 Å². The second-order valence-electron chi connectivity index (χ2n) is 5.80. The predicted octanol–water partition coefficient (Wildman–Crippen LogP) is 2.40. The van der Waals surface area contributed by atoms with Crippen LogP contribution in [0.5, 0.6) is 5.75 Å². The Labute approximate surface area is 157 Å². The summed E-state index contributed by atoms with van der Waals surface area (Å²) in [5, 5.41) is 2.58. The van der Waals surface area contributed by atoms with Crippen molar-refractivity contribution in [2.45, 2.75) is 17.9 Å². The zero-order valence-electron chi connectivity index (χ0n) is 15.2. The average molecular weight is 396 g/mol. The fourth-order valence-corrected chi connectivity index (χ4v) is 3.63. The Bertz CT molecular complexity index is 900. The highest BCUT2D eigenvalue weighted by Crippen LogP contribution is 2.24. The first kappa shape index (κ1) is 20.8. The number of ether oxygens (including phenoxy) is 2. The van der Waals surface area contributed by atoms with E-state index >= 15 is 0 Å². The molecule has 0 unspecified atom stereocenters. The van der Waals surface area contributed by atoms with Crippen LogP contribution in [0.15, 0.2) is 47.4 Å². The topological polar surface area (TPSA) is 93.7 Å². The summed E-state index contributed by atoms with van der Waals surface area (Å²) in [6, 6.07) is 8.72. The standard InChI is InChI=1S/C18H21FN2O5S/c1-12(11-25-2)21-27(23,24)15-8-9-17(26-3)16(10-15)18(22)20-14-6-4-13(19)5-7-14/h4-10,12,21H,11H2,1-3H3,(H,20,22)/t12-/m1/s1. The zero-order chi connectivity index (χ0) is 20.0. The Hall–Kier alpha value is -2.49. The van der Waals surface area contributed by atoms with Crippen molar-refractivity contribution in [2.75, 3.05) is 26.1 Å². The number of rotatable bonds is 8. The number of hydrogen-bond donors (Lipinski definition) is 2. The molecule has 0 aromatic heterocycles. The molecule has 2 aromatic rings. The molecule has 7 nitrogen and oxygen atoms in total. The van der Waals surface area contributed by atoms with Crippen molar-refractivity contribution in [3.63, 3.8) is 0 Å². The molecule has 0 radical (unpaired) electrons. The molecule has 0 saturated carbocycles. The highest BCUT2D eigenvalue weighted by atomic mass is 32.2. The summed E-state index contributed by atoms with van der Waals surface area (Å²) >= 11 is 0. The molecule has 0 aliphatic carbocycles. The van der Waals surface area contributed by atoms with Gasteiger partial charge in [-0.05, 0) is 49.4 Å². The van der Waals surface area contributed by atoms with Gasteiger partial charge in [0.2, 0.25) is 10.0 Å². The summed E-state index contributed by atoms with van der Waals surface area (Å²) in [7, 11) is -1.02. The normalized spacial score (nSPS) is 12.4. The minimum absolute atomic E-state index is 0.0316. The Morgan fingerprint density at radius 1 is 1.15 bits per heavy atom. The third kappa shape index (κ3) is 5.49. The molecule has 1 atom stereocenters. The van der Waals surface area contributed by atoms with Crippen LogP contribution >= 0.6 is 0 Å². The van der Waals surface area contributed by atoms with Gasteiger partial charge in [-0.3, -0.25) is 4.79 Å². The summed E-state index contributed by atoms with van der Waals surface area (Å²) < 4.78 is 50.5. The van der Waals surface area contributed by atoms with Gasteiger partial charge in [0, 0.05) is 18.8 Å². The number of carbonyl (C=O) groups excluding carboxylic acids is 1. The smallest absolute Gasteiger partial charge is 0.259 e. The van der Waals surface area contributed by atoms with Gasteiger partial charge in [-0.25, -0.2) is 17.5 Å². The molecule has 0 aliphatic heterocycles. The fourth-order valence-electron chi connectivity index (χ4n) is 2.38. The lowest BCUT2D eigenvalue weighted by Gasteiger charge is -2.15. The van der Waals surface area contributed by atoms with E-state index in [9.17, 15) is 17.6 Å². The summed E-state index contributed by atoms with van der Waals surface area (Å²) in [4.78, 5) is 12.5. The van der Waals surface area contributed by atoms with E-state index in [2.05, 4.69) is 10.0 Å². The van der Waals surface area contributed by atoms with Crippen molar-refractivity contribution < 1.29 is 27.1 Å². The second kappa shape index (κ2) is 8.94. The molecule has 27 heavy (non-hydrogen) atoms. The van der Waals surface area contributed by atoms with Gasteiger partial charge < -0.3 is 14.8 Å². The molecular weight excluding hydrogens is 375 g/mol. The Morgan fingerprint density at radius 3 is 2.41 bits per heavy atom. The first-order valence-corrected chi connectivity index (χ1v) is 9.51. The van der Waals surface area contributed by atoms with Gasteiger partial charge in [-0.1, -0.05) is 0 Å². The van der Waals surface area contributed by atoms with Gasteiger partial charge in [0.1, 0.15) is 11.6 Å². The number of carbonyl (C=O) groups is 1. The van der Waals surface area contributed by atoms with Crippen LogP contribution in [0.1, 0.15) is 17.3 Å². The molecule has 0 aliphatic rings. The first-order valence-electron chi connectivity index (χ1n) is 8.03. The fraction of sp³-hybridized carbons (Fsp3) is 0.278. The van der Waals surface area contributed by atoms with Crippen LogP contribution in [0.4, 0.5) is 10.1 Å². The highest BCUT2D eigenvalue weighted by molar-refractivity contribution is 7.89. The van der Waals surface area contributed by atoms with E-state index in [1.54, 1.807) is 6.92 Å². The Kier molecular flexibility index (Phi) is 6.89. The molecule has 2 aromatic carbocycles. The minimum atomic E-state index is -3.86. The van der Waals surface area contributed by atoms with Gasteiger partial charge in [0.05, 0.1) is 24.2 Å². The third-order valence-electron chi connectivity index (χ3n) is 3.60. The molecule has 2 N–H and O–H groups in total. The van der Waals surface area contributed by atoms with Crippen molar-refractivity contribution in [1.29, 1.82) is 0 Å². The number of nitrogens with one attached hydrogen (secondary N) is 2. The number of methoxy groups -OCH3 is 2. The number of anilines is 1. The van der Waals surface area contributed by atoms with Crippen LogP contribution < -0.4 is 14.8 Å². The lowest BCUT2D eigenvalue weighted by Crippen LogP contribution is -2.35. The van der Waals surface area contributed by atoms with Gasteiger partial charge in [-0.2, -0.15) is 0 Å². The quantitative estimate of drug-likeness (QED) is 0.715. The lowest BCUT2D eigenvalue weighted by atomic mass is 10.2. The molecule has 2 rings (SSSR count). The van der Waals surface area contributed by atoms with Crippen LogP contribution in [-0.4, -0.2) is 41.2 Å². The van der Waals surface area contributed by atoms with Gasteiger partial charge in [-0.15, -0.1) is 0 Å².